The SMILES string of the molecule is [2H]c1c([2H])c([2H])c(N(c2c([2H])c([2H])c(-c3c([2H])c([2H])c4c([2H])c([2H])c([2H])c([2H])c4c3[2H])c([2H])c2[2H])c2ccc(-c3cccc(-n4c5ccccc5c5ccccc54)c3)c3oc4ccccc4c23)c([2H])c1[2H]. The molecule has 0 atom stereocenters. The van der Waals surface area contributed by atoms with Gasteiger partial charge >= 0.3 is 0 Å². The van der Waals surface area contributed by atoms with Crippen molar-refractivity contribution in [2.45, 2.75) is 0 Å². The van der Waals surface area contributed by atoms with Crippen molar-refractivity contribution in [2.24, 2.45) is 0 Å². The summed E-state index contributed by atoms with van der Waals surface area (Å²) < 4.78 is 152. The van der Waals surface area contributed by atoms with E-state index in [4.69, 9.17) is 16.8 Å². The number of para-hydroxylation sites is 4. The Morgan fingerprint density at radius 2 is 1.15 bits per heavy atom. The third-order valence-electron chi connectivity index (χ3n) is 9.79. The number of furan rings is 1. The molecular weight excluding hydrogens is 669 g/mol. The van der Waals surface area contributed by atoms with Crippen LogP contribution in [0.15, 0.2) is 210 Å². The van der Waals surface area contributed by atoms with Gasteiger partial charge in [0, 0.05) is 38.8 Å². The predicted molar refractivity (Wildman–Crippen MR) is 231 cm³/mol. The molecule has 0 unspecified atom stereocenters. The molecule has 0 saturated carbocycles. The molecule has 0 saturated heterocycles. The van der Waals surface area contributed by atoms with Crippen LogP contribution < -0.4 is 4.90 Å². The van der Waals surface area contributed by atoms with Crippen LogP contribution in [0.5, 0.6) is 0 Å². The van der Waals surface area contributed by atoms with Crippen LogP contribution in [-0.4, -0.2) is 4.57 Å². The predicted octanol–water partition coefficient (Wildman–Crippen LogP) is 14.6. The molecule has 11 rings (SSSR count). The van der Waals surface area contributed by atoms with Crippen LogP contribution in [-0.2, 0) is 0 Å². The van der Waals surface area contributed by atoms with E-state index in [1.165, 1.54) is 0 Å². The van der Waals surface area contributed by atoms with E-state index in [9.17, 15) is 9.60 Å². The maximum Gasteiger partial charge on any atom is 0.145 e. The molecule has 0 N–H and O–H groups in total. The Labute approximate surface area is 341 Å². The molecule has 0 spiro atoms. The van der Waals surface area contributed by atoms with Crippen LogP contribution in [0, 0.1) is 0 Å². The third-order valence-corrected chi connectivity index (χ3v) is 9.79. The van der Waals surface area contributed by atoms with E-state index < -0.39 is 130 Å². The summed E-state index contributed by atoms with van der Waals surface area (Å²) >= 11 is 0. The molecule has 0 bridgehead atoms. The first-order valence-electron chi connectivity index (χ1n) is 25.5. The fourth-order valence-electron chi connectivity index (χ4n) is 7.39. The number of nitrogens with zero attached hydrogens (tertiary/aromatic N) is 2. The normalized spacial score (nSPS) is 15.7. The quantitative estimate of drug-likeness (QED) is 0.171. The molecule has 0 aliphatic carbocycles. The molecule has 2 heterocycles. The van der Waals surface area contributed by atoms with Gasteiger partial charge in [0.2, 0.25) is 0 Å². The lowest BCUT2D eigenvalue weighted by Gasteiger charge is -2.27. The molecule has 3 heteroatoms. The maximum atomic E-state index is 9.65. The van der Waals surface area contributed by atoms with Gasteiger partial charge in [0.05, 0.1) is 44.0 Å². The molecule has 0 radical (unpaired) electrons. The van der Waals surface area contributed by atoms with Crippen molar-refractivity contribution in [3.8, 4) is 27.9 Å². The Kier molecular flexibility index (Phi) is 4.39. The van der Waals surface area contributed by atoms with Gasteiger partial charge in [0.15, 0.2) is 0 Å². The second-order valence-corrected chi connectivity index (χ2v) is 12.9. The summed E-state index contributed by atoms with van der Waals surface area (Å²) in [4.78, 5) is 1.09. The smallest absolute Gasteiger partial charge is 0.145 e. The summed E-state index contributed by atoms with van der Waals surface area (Å²) in [6.07, 6.45) is 0. The molecule has 3 nitrogen and oxygen atoms in total. The van der Waals surface area contributed by atoms with Crippen molar-refractivity contribution >= 4 is 71.6 Å². The first-order valence-corrected chi connectivity index (χ1v) is 17.5. The lowest BCUT2D eigenvalue weighted by molar-refractivity contribution is 0.670. The molecule has 2 aromatic heterocycles. The van der Waals surface area contributed by atoms with Gasteiger partial charge in [0.25, 0.3) is 0 Å². The fraction of sp³-hybridized carbons (Fsp3) is 0. The van der Waals surface area contributed by atoms with E-state index in [2.05, 4.69) is 28.8 Å². The zero-order chi connectivity index (χ0) is 50.2. The summed E-state index contributed by atoms with van der Waals surface area (Å²) in [6.45, 7) is 0. The minimum atomic E-state index is -0.841. The highest BCUT2D eigenvalue weighted by molar-refractivity contribution is 6.17. The Morgan fingerprint density at radius 1 is 0.491 bits per heavy atom. The monoisotopic (exact) mass is 718 g/mol. The van der Waals surface area contributed by atoms with Gasteiger partial charge in [-0.1, -0.05) is 133 Å². The number of hydrogen-bond acceptors (Lipinski definition) is 2. The topological polar surface area (TPSA) is 21.3 Å². The van der Waals surface area contributed by atoms with Gasteiger partial charge in [-0.25, -0.2) is 0 Å². The van der Waals surface area contributed by atoms with Gasteiger partial charge < -0.3 is 13.9 Å². The highest BCUT2D eigenvalue weighted by Gasteiger charge is 2.22. The zero-order valence-corrected chi connectivity index (χ0v) is 28.7. The van der Waals surface area contributed by atoms with Crippen LogP contribution >= 0.6 is 0 Å². The fourth-order valence-corrected chi connectivity index (χ4v) is 7.39. The average molecular weight is 719 g/mol. The number of benzene rings is 9. The number of anilines is 3. The van der Waals surface area contributed by atoms with Gasteiger partial charge in [-0.3, -0.25) is 0 Å². The van der Waals surface area contributed by atoms with Crippen molar-refractivity contribution in [3.05, 3.63) is 206 Å². The number of rotatable bonds is 6. The Morgan fingerprint density at radius 3 is 1.93 bits per heavy atom. The number of aromatic nitrogens is 1. The Hall–Kier alpha value is -7.36. The lowest BCUT2D eigenvalue weighted by Crippen LogP contribution is -2.10. The lowest BCUT2D eigenvalue weighted by atomic mass is 9.98. The van der Waals surface area contributed by atoms with Crippen molar-refractivity contribution in [3.63, 3.8) is 0 Å². The number of fused-ring (bicyclic) bond motifs is 7. The minimum Gasteiger partial charge on any atom is -0.455 e. The van der Waals surface area contributed by atoms with E-state index in [1.54, 1.807) is 36.4 Å². The van der Waals surface area contributed by atoms with Crippen LogP contribution in [0.3, 0.4) is 0 Å². The van der Waals surface area contributed by atoms with Gasteiger partial charge in [-0.2, -0.15) is 0 Å². The van der Waals surface area contributed by atoms with E-state index in [-0.39, 0.29) is 11.3 Å². The second-order valence-electron chi connectivity index (χ2n) is 12.9. The molecule has 11 aromatic rings. The van der Waals surface area contributed by atoms with Crippen LogP contribution in [0.25, 0.3) is 82.5 Å². The molecule has 258 valence electrons. The third kappa shape index (κ3) is 5.13. The van der Waals surface area contributed by atoms with Crippen molar-refractivity contribution in [1.82, 2.24) is 4.57 Å². The van der Waals surface area contributed by atoms with E-state index >= 15 is 0 Å². The number of hydrogen-bond donors (Lipinski definition) is 0. The van der Waals surface area contributed by atoms with Crippen LogP contribution in [0.4, 0.5) is 17.1 Å². The molecular formula is C52H34N2O. The highest BCUT2D eigenvalue weighted by atomic mass is 16.3. The summed E-state index contributed by atoms with van der Waals surface area (Å²) in [6, 6.07) is 22.4. The molecule has 0 fully saturated rings. The summed E-state index contributed by atoms with van der Waals surface area (Å²) in [5.74, 6) is 0. The first-order chi connectivity index (χ1) is 34.0. The first kappa shape index (κ1) is 19.1. The van der Waals surface area contributed by atoms with E-state index in [0.29, 0.717) is 27.5 Å². The van der Waals surface area contributed by atoms with E-state index in [1.807, 2.05) is 48.5 Å². The molecule has 0 aliphatic rings. The minimum absolute atomic E-state index is 0.0526. The Bertz CT molecular complexity index is 4050. The molecule has 0 aliphatic heterocycles. The molecule has 9 aromatic carbocycles. The van der Waals surface area contributed by atoms with Crippen molar-refractivity contribution < 1.29 is 26.3 Å². The average Bonchev–Trinajstić information content (AvgIpc) is 3.94. The maximum absolute atomic E-state index is 9.65. The summed E-state index contributed by atoms with van der Waals surface area (Å²) in [5.41, 5.74) is 2.55. The standard InChI is InChI=1S/C52H34N2O/c1-2-16-40(17-3-1)53(41-29-27-36(28-30-41)38-26-25-35-13-4-5-14-37(35)33-38)49-32-31-43(52-51(49)46-21-8-11-24-50(46)55-52)39-15-12-18-42(34-39)54-47-22-9-6-19-44(47)45-20-7-10-23-48(45)54/h1-34H/i1D,2D,3D,4D,5D,13D,14D,16D,17D,25D,26D,27D,28D,29D,30D,33D. The van der Waals surface area contributed by atoms with Gasteiger partial charge in [-0.15, -0.1) is 0 Å². The van der Waals surface area contributed by atoms with Gasteiger partial charge in [0.1, 0.15) is 11.2 Å². The molecule has 0 amide bonds. The van der Waals surface area contributed by atoms with Crippen LogP contribution in [0.2, 0.25) is 0 Å². The van der Waals surface area contributed by atoms with Crippen LogP contribution in [0.1, 0.15) is 21.9 Å². The summed E-state index contributed by atoms with van der Waals surface area (Å²) in [5, 5.41) is 2.10. The van der Waals surface area contributed by atoms with Gasteiger partial charge in [-0.05, 0) is 100 Å². The largest absolute Gasteiger partial charge is 0.455 e. The van der Waals surface area contributed by atoms with Crippen molar-refractivity contribution in [2.75, 3.05) is 4.90 Å². The summed E-state index contributed by atoms with van der Waals surface area (Å²) in [7, 11) is 0. The highest BCUT2D eigenvalue weighted by Crippen LogP contribution is 2.46. The Balaban J connectivity index is 1.20. The molecule has 55 heavy (non-hydrogen) atoms. The second kappa shape index (κ2) is 12.6. The van der Waals surface area contributed by atoms with Crippen molar-refractivity contribution in [1.29, 1.82) is 0 Å². The van der Waals surface area contributed by atoms with E-state index in [0.717, 1.165) is 32.4 Å². The zero-order valence-electron chi connectivity index (χ0n) is 44.7.